The number of hydrogen-bond donors (Lipinski definition) is 1. The molecule has 6 heteroatoms. The van der Waals surface area contributed by atoms with E-state index in [1.54, 1.807) is 60.5 Å². The zero-order valence-corrected chi connectivity index (χ0v) is 13.6. The van der Waals surface area contributed by atoms with Crippen LogP contribution in [0.5, 0.6) is 5.75 Å². The molecule has 1 N–H and O–H groups in total. The average Bonchev–Trinajstić information content (AvgIpc) is 2.51. The van der Waals surface area contributed by atoms with Gasteiger partial charge >= 0.3 is 6.03 Å². The molecular weight excluding hydrogens is 323 g/mol. The molecule has 0 heterocycles. The van der Waals surface area contributed by atoms with Gasteiger partial charge in [-0.05, 0) is 48.5 Å². The van der Waals surface area contributed by atoms with Crippen molar-refractivity contribution in [3.63, 3.8) is 0 Å². The molecule has 0 spiro atoms. The normalized spacial score (nSPS) is 10.1. The zero-order chi connectivity index (χ0) is 15.9. The van der Waals surface area contributed by atoms with Crippen molar-refractivity contribution in [2.75, 3.05) is 25.5 Å². The Labute approximate surface area is 139 Å². The zero-order valence-electron chi connectivity index (χ0n) is 12.1. The van der Waals surface area contributed by atoms with Gasteiger partial charge in [0.05, 0.1) is 6.54 Å². The lowest BCUT2D eigenvalue weighted by Crippen LogP contribution is -2.34. The lowest BCUT2D eigenvalue weighted by molar-refractivity contribution is 0.207. The summed E-state index contributed by atoms with van der Waals surface area (Å²) in [5, 5.41) is 4.07. The van der Waals surface area contributed by atoms with Crippen LogP contribution in [0, 0.1) is 0 Å². The summed E-state index contributed by atoms with van der Waals surface area (Å²) >= 11 is 11.6. The highest BCUT2D eigenvalue weighted by Gasteiger charge is 2.08. The van der Waals surface area contributed by atoms with Crippen molar-refractivity contribution in [1.82, 2.24) is 4.90 Å². The third-order valence-electron chi connectivity index (χ3n) is 2.95. The molecule has 0 saturated carbocycles. The number of carbonyl (C=O) groups is 1. The van der Waals surface area contributed by atoms with Gasteiger partial charge < -0.3 is 15.0 Å². The maximum absolute atomic E-state index is 12.0. The molecule has 116 valence electrons. The van der Waals surface area contributed by atoms with Crippen molar-refractivity contribution in [2.45, 2.75) is 0 Å². The molecule has 0 aliphatic rings. The van der Waals surface area contributed by atoms with E-state index in [1.807, 2.05) is 0 Å². The molecule has 0 bridgehead atoms. The number of halogens is 2. The van der Waals surface area contributed by atoms with E-state index in [2.05, 4.69) is 5.32 Å². The van der Waals surface area contributed by atoms with Crippen LogP contribution < -0.4 is 10.1 Å². The molecule has 0 aromatic heterocycles. The molecule has 0 aliphatic heterocycles. The van der Waals surface area contributed by atoms with Crippen molar-refractivity contribution in [3.8, 4) is 5.75 Å². The van der Waals surface area contributed by atoms with Gasteiger partial charge in [0, 0.05) is 22.8 Å². The lowest BCUT2D eigenvalue weighted by atomic mass is 10.3. The Morgan fingerprint density at radius 1 is 1.05 bits per heavy atom. The minimum Gasteiger partial charge on any atom is -0.492 e. The van der Waals surface area contributed by atoms with E-state index in [4.69, 9.17) is 27.9 Å². The van der Waals surface area contributed by atoms with Crippen molar-refractivity contribution in [3.05, 3.63) is 58.6 Å². The first-order valence-electron chi connectivity index (χ1n) is 6.70. The van der Waals surface area contributed by atoms with Crippen LogP contribution in [0.4, 0.5) is 10.5 Å². The minimum atomic E-state index is -0.206. The first-order valence-corrected chi connectivity index (χ1v) is 7.46. The van der Waals surface area contributed by atoms with Gasteiger partial charge in [0.15, 0.2) is 0 Å². The Morgan fingerprint density at radius 2 is 1.59 bits per heavy atom. The van der Waals surface area contributed by atoms with Crippen LogP contribution in [0.2, 0.25) is 10.0 Å². The minimum absolute atomic E-state index is 0.206. The Bertz CT molecular complexity index is 615. The summed E-state index contributed by atoms with van der Waals surface area (Å²) in [7, 11) is 1.70. The number of likely N-dealkylation sites (N-methyl/N-ethyl adjacent to an activating group) is 1. The van der Waals surface area contributed by atoms with Crippen molar-refractivity contribution in [1.29, 1.82) is 0 Å². The topological polar surface area (TPSA) is 41.6 Å². The fourth-order valence-electron chi connectivity index (χ4n) is 1.68. The summed E-state index contributed by atoms with van der Waals surface area (Å²) in [4.78, 5) is 13.5. The second kappa shape index (κ2) is 7.92. The van der Waals surface area contributed by atoms with E-state index in [0.717, 1.165) is 5.75 Å². The van der Waals surface area contributed by atoms with Gasteiger partial charge in [-0.15, -0.1) is 0 Å². The Morgan fingerprint density at radius 3 is 2.18 bits per heavy atom. The summed E-state index contributed by atoms with van der Waals surface area (Å²) in [6, 6.07) is 13.8. The second-order valence-electron chi connectivity index (χ2n) is 4.66. The van der Waals surface area contributed by atoms with Crippen LogP contribution >= 0.6 is 23.2 Å². The highest BCUT2D eigenvalue weighted by Crippen LogP contribution is 2.16. The summed E-state index contributed by atoms with van der Waals surface area (Å²) in [5.41, 5.74) is 0.694. The van der Waals surface area contributed by atoms with Gasteiger partial charge in [-0.25, -0.2) is 4.79 Å². The van der Waals surface area contributed by atoms with Crippen LogP contribution in [0.1, 0.15) is 0 Å². The fourth-order valence-corrected chi connectivity index (χ4v) is 1.94. The number of rotatable bonds is 5. The molecule has 0 radical (unpaired) electrons. The van der Waals surface area contributed by atoms with Crippen molar-refractivity contribution < 1.29 is 9.53 Å². The first kappa shape index (κ1) is 16.5. The first-order chi connectivity index (χ1) is 10.5. The molecule has 2 aromatic rings. The summed E-state index contributed by atoms with van der Waals surface area (Å²) in [5.74, 6) is 0.718. The molecule has 0 unspecified atom stereocenters. The number of amides is 2. The Balaban J connectivity index is 1.76. The summed E-state index contributed by atoms with van der Waals surface area (Å²) in [6.07, 6.45) is 0. The van der Waals surface area contributed by atoms with Crippen LogP contribution in [-0.4, -0.2) is 31.1 Å². The lowest BCUT2D eigenvalue weighted by Gasteiger charge is -2.18. The average molecular weight is 339 g/mol. The quantitative estimate of drug-likeness (QED) is 0.869. The molecule has 0 saturated heterocycles. The number of nitrogens with zero attached hydrogens (tertiary/aromatic N) is 1. The number of nitrogens with one attached hydrogen (secondary N) is 1. The van der Waals surface area contributed by atoms with Crippen LogP contribution in [0.3, 0.4) is 0 Å². The molecule has 4 nitrogen and oxygen atoms in total. The van der Waals surface area contributed by atoms with Gasteiger partial charge in [0.25, 0.3) is 0 Å². The number of benzene rings is 2. The van der Waals surface area contributed by atoms with Gasteiger partial charge in [-0.3, -0.25) is 0 Å². The van der Waals surface area contributed by atoms with Gasteiger partial charge in [0.2, 0.25) is 0 Å². The van der Waals surface area contributed by atoms with E-state index in [9.17, 15) is 4.79 Å². The molecule has 2 amide bonds. The number of ether oxygens (including phenoxy) is 1. The van der Waals surface area contributed by atoms with Crippen LogP contribution in [0.15, 0.2) is 48.5 Å². The van der Waals surface area contributed by atoms with Gasteiger partial charge in [0.1, 0.15) is 12.4 Å². The molecule has 0 aliphatic carbocycles. The second-order valence-corrected chi connectivity index (χ2v) is 5.53. The van der Waals surface area contributed by atoms with Crippen molar-refractivity contribution in [2.24, 2.45) is 0 Å². The van der Waals surface area contributed by atoms with E-state index in [-0.39, 0.29) is 6.03 Å². The Kier molecular flexibility index (Phi) is 5.92. The van der Waals surface area contributed by atoms with Crippen LogP contribution in [0.25, 0.3) is 0 Å². The number of urea groups is 1. The molecular formula is C16H16Cl2N2O2. The monoisotopic (exact) mass is 338 g/mol. The van der Waals surface area contributed by atoms with E-state index in [1.165, 1.54) is 0 Å². The maximum Gasteiger partial charge on any atom is 0.321 e. The summed E-state index contributed by atoms with van der Waals surface area (Å²) < 4.78 is 5.55. The van der Waals surface area contributed by atoms with Gasteiger partial charge in [-0.2, -0.15) is 0 Å². The molecule has 2 aromatic carbocycles. The third-order valence-corrected chi connectivity index (χ3v) is 3.46. The van der Waals surface area contributed by atoms with Crippen molar-refractivity contribution >= 4 is 34.9 Å². The highest BCUT2D eigenvalue weighted by molar-refractivity contribution is 6.30. The molecule has 0 fully saturated rings. The molecule has 22 heavy (non-hydrogen) atoms. The number of hydrogen-bond acceptors (Lipinski definition) is 2. The SMILES string of the molecule is CN(CCOc1ccc(Cl)cc1)C(=O)Nc1ccc(Cl)cc1. The largest absolute Gasteiger partial charge is 0.492 e. The molecule has 2 rings (SSSR count). The fraction of sp³-hybridized carbons (Fsp3) is 0.188. The highest BCUT2D eigenvalue weighted by atomic mass is 35.5. The van der Waals surface area contributed by atoms with E-state index < -0.39 is 0 Å². The van der Waals surface area contributed by atoms with E-state index >= 15 is 0 Å². The molecule has 0 atom stereocenters. The number of carbonyl (C=O) groups excluding carboxylic acids is 1. The number of anilines is 1. The third kappa shape index (κ3) is 5.13. The standard InChI is InChI=1S/C16H16Cl2N2O2/c1-20(10-11-22-15-8-4-13(18)5-9-15)16(21)19-14-6-2-12(17)3-7-14/h2-9H,10-11H2,1H3,(H,19,21). The smallest absolute Gasteiger partial charge is 0.321 e. The predicted molar refractivity (Wildman–Crippen MR) is 90.0 cm³/mol. The van der Waals surface area contributed by atoms with E-state index in [0.29, 0.717) is 28.9 Å². The van der Waals surface area contributed by atoms with Crippen LogP contribution in [-0.2, 0) is 0 Å². The maximum atomic E-state index is 12.0. The predicted octanol–water partition coefficient (Wildman–Crippen LogP) is 4.54. The van der Waals surface area contributed by atoms with Gasteiger partial charge in [-0.1, -0.05) is 23.2 Å². The Hall–Kier alpha value is -1.91. The summed E-state index contributed by atoms with van der Waals surface area (Å²) in [6.45, 7) is 0.855.